The molecule has 2 heterocycles. The van der Waals surface area contributed by atoms with Crippen LogP contribution in [0.2, 0.25) is 0 Å². The summed E-state index contributed by atoms with van der Waals surface area (Å²) >= 11 is 1.21. The van der Waals surface area contributed by atoms with Crippen LogP contribution in [-0.4, -0.2) is 25.8 Å². The number of rotatable bonds is 3. The Labute approximate surface area is 115 Å². The highest BCUT2D eigenvalue weighted by Crippen LogP contribution is 2.34. The molecule has 1 N–H and O–H groups in total. The molecule has 2 aromatic rings. The van der Waals surface area contributed by atoms with Gasteiger partial charge in [0.05, 0.1) is 11.9 Å². The zero-order chi connectivity index (χ0) is 14.2. The molecule has 5 nitrogen and oxygen atoms in total. The minimum absolute atomic E-state index is 0.288. The van der Waals surface area contributed by atoms with E-state index in [0.717, 1.165) is 12.1 Å². The van der Waals surface area contributed by atoms with Crippen LogP contribution in [0.3, 0.4) is 0 Å². The second-order valence-electron chi connectivity index (χ2n) is 5.34. The van der Waals surface area contributed by atoms with E-state index in [1.165, 1.54) is 11.3 Å². The molecule has 0 aromatic carbocycles. The van der Waals surface area contributed by atoms with Crippen molar-refractivity contribution in [2.24, 2.45) is 0 Å². The van der Waals surface area contributed by atoms with E-state index in [-0.39, 0.29) is 5.41 Å². The molecule has 6 heteroatoms. The Bertz CT molecular complexity index is 608. The first-order valence-corrected chi connectivity index (χ1v) is 6.92. The second kappa shape index (κ2) is 4.77. The molecule has 0 saturated heterocycles. The third kappa shape index (κ3) is 2.68. The van der Waals surface area contributed by atoms with Gasteiger partial charge in [0.15, 0.2) is 0 Å². The van der Waals surface area contributed by atoms with Gasteiger partial charge in [-0.3, -0.25) is 4.68 Å². The van der Waals surface area contributed by atoms with E-state index in [0.29, 0.717) is 15.6 Å². The molecule has 0 spiro atoms. The number of aromatic nitrogens is 3. The number of hydrogen-bond acceptors (Lipinski definition) is 4. The number of carboxylic acid groups (broad SMARTS) is 1. The van der Waals surface area contributed by atoms with Crippen LogP contribution in [0, 0.1) is 0 Å². The van der Waals surface area contributed by atoms with Gasteiger partial charge in [0, 0.05) is 23.7 Å². The van der Waals surface area contributed by atoms with E-state index >= 15 is 0 Å². The normalized spacial score (nSPS) is 11.8. The van der Waals surface area contributed by atoms with Crippen molar-refractivity contribution in [2.45, 2.75) is 39.7 Å². The van der Waals surface area contributed by atoms with Gasteiger partial charge in [-0.25, -0.2) is 9.78 Å². The quantitative estimate of drug-likeness (QED) is 0.937. The summed E-state index contributed by atoms with van der Waals surface area (Å²) in [5.41, 5.74) is 1.21. The first kappa shape index (κ1) is 13.7. The Balaban J connectivity index is 2.51. The molecular formula is C13H17N3O2S. The zero-order valence-corrected chi connectivity index (χ0v) is 12.3. The molecule has 0 fully saturated rings. The smallest absolute Gasteiger partial charge is 0.347 e. The SMILES string of the molecule is CCn1cc(-c2nc(C(C)(C)C)c(C(=O)O)s2)cn1. The molecule has 0 radical (unpaired) electrons. The molecule has 2 rings (SSSR count). The Hall–Kier alpha value is -1.69. The highest BCUT2D eigenvalue weighted by Gasteiger charge is 2.27. The maximum absolute atomic E-state index is 11.3. The fourth-order valence-corrected chi connectivity index (χ4v) is 2.83. The summed E-state index contributed by atoms with van der Waals surface area (Å²) in [6.07, 6.45) is 3.61. The van der Waals surface area contributed by atoms with Crippen molar-refractivity contribution >= 4 is 17.3 Å². The summed E-state index contributed by atoms with van der Waals surface area (Å²) in [5, 5.41) is 14.2. The molecule has 0 bridgehead atoms. The minimum Gasteiger partial charge on any atom is -0.477 e. The van der Waals surface area contributed by atoms with Gasteiger partial charge >= 0.3 is 5.97 Å². The largest absolute Gasteiger partial charge is 0.477 e. The third-order valence-electron chi connectivity index (χ3n) is 2.74. The zero-order valence-electron chi connectivity index (χ0n) is 11.5. The number of hydrogen-bond donors (Lipinski definition) is 1. The summed E-state index contributed by atoms with van der Waals surface area (Å²) in [6.45, 7) is 8.68. The Kier molecular flexibility index (Phi) is 3.45. The van der Waals surface area contributed by atoms with Crippen molar-refractivity contribution in [1.29, 1.82) is 0 Å². The van der Waals surface area contributed by atoms with Crippen molar-refractivity contribution in [3.8, 4) is 10.6 Å². The van der Waals surface area contributed by atoms with Gasteiger partial charge in [0.2, 0.25) is 0 Å². The van der Waals surface area contributed by atoms with Crippen molar-refractivity contribution in [3.05, 3.63) is 23.0 Å². The molecule has 102 valence electrons. The van der Waals surface area contributed by atoms with Crippen LogP contribution in [0.15, 0.2) is 12.4 Å². The van der Waals surface area contributed by atoms with Crippen LogP contribution in [0.1, 0.15) is 43.1 Å². The standard InChI is InChI=1S/C13H17N3O2S/c1-5-16-7-8(6-14-16)11-15-10(13(2,3)4)9(19-11)12(17)18/h6-7H,5H2,1-4H3,(H,17,18). The van der Waals surface area contributed by atoms with Crippen LogP contribution in [0.4, 0.5) is 0 Å². The van der Waals surface area contributed by atoms with Crippen molar-refractivity contribution in [3.63, 3.8) is 0 Å². The van der Waals surface area contributed by atoms with Gasteiger partial charge in [0.1, 0.15) is 9.88 Å². The number of carboxylic acids is 1. The average Bonchev–Trinajstić information content (AvgIpc) is 2.94. The highest BCUT2D eigenvalue weighted by molar-refractivity contribution is 7.17. The van der Waals surface area contributed by atoms with Gasteiger partial charge in [-0.05, 0) is 6.92 Å². The van der Waals surface area contributed by atoms with Crippen molar-refractivity contribution in [1.82, 2.24) is 14.8 Å². The maximum atomic E-state index is 11.3. The molecule has 0 aliphatic carbocycles. The lowest BCUT2D eigenvalue weighted by Crippen LogP contribution is -2.16. The van der Waals surface area contributed by atoms with Crippen molar-refractivity contribution in [2.75, 3.05) is 0 Å². The van der Waals surface area contributed by atoms with E-state index < -0.39 is 5.97 Å². The Morgan fingerprint density at radius 1 is 1.47 bits per heavy atom. The number of aromatic carboxylic acids is 1. The molecule has 0 saturated carbocycles. The molecule has 0 aliphatic heterocycles. The van der Waals surface area contributed by atoms with Crippen LogP contribution >= 0.6 is 11.3 Å². The Morgan fingerprint density at radius 3 is 2.58 bits per heavy atom. The van der Waals surface area contributed by atoms with Crippen LogP contribution in [-0.2, 0) is 12.0 Å². The predicted molar refractivity (Wildman–Crippen MR) is 74.7 cm³/mol. The summed E-state index contributed by atoms with van der Waals surface area (Å²) < 4.78 is 1.80. The number of nitrogens with zero attached hydrogens (tertiary/aromatic N) is 3. The van der Waals surface area contributed by atoms with Gasteiger partial charge in [-0.15, -0.1) is 11.3 Å². The second-order valence-corrected chi connectivity index (χ2v) is 6.34. The fourth-order valence-electron chi connectivity index (χ4n) is 1.74. The molecule has 19 heavy (non-hydrogen) atoms. The van der Waals surface area contributed by atoms with E-state index in [1.54, 1.807) is 10.9 Å². The monoisotopic (exact) mass is 279 g/mol. The summed E-state index contributed by atoms with van der Waals surface area (Å²) in [5.74, 6) is -0.920. The minimum atomic E-state index is -0.920. The average molecular weight is 279 g/mol. The highest BCUT2D eigenvalue weighted by atomic mass is 32.1. The maximum Gasteiger partial charge on any atom is 0.347 e. The number of carbonyl (C=O) groups is 1. The van der Waals surface area contributed by atoms with Crippen LogP contribution < -0.4 is 0 Å². The predicted octanol–water partition coefficient (Wildman–Crippen LogP) is 3.02. The van der Waals surface area contributed by atoms with Gasteiger partial charge < -0.3 is 5.11 Å². The third-order valence-corrected chi connectivity index (χ3v) is 3.83. The summed E-state index contributed by atoms with van der Waals surface area (Å²) in [6, 6.07) is 0. The Morgan fingerprint density at radius 2 is 2.16 bits per heavy atom. The molecule has 0 aliphatic rings. The molecule has 2 aromatic heterocycles. The van der Waals surface area contributed by atoms with Gasteiger partial charge in [-0.1, -0.05) is 20.8 Å². The fraction of sp³-hybridized carbons (Fsp3) is 0.462. The molecule has 0 unspecified atom stereocenters. The summed E-state index contributed by atoms with van der Waals surface area (Å²) in [7, 11) is 0. The first-order chi connectivity index (χ1) is 8.82. The van der Waals surface area contributed by atoms with Crippen LogP contribution in [0.5, 0.6) is 0 Å². The van der Waals surface area contributed by atoms with Gasteiger partial charge in [-0.2, -0.15) is 5.10 Å². The number of aryl methyl sites for hydroxylation is 1. The molecule has 0 atom stereocenters. The first-order valence-electron chi connectivity index (χ1n) is 6.10. The molecular weight excluding hydrogens is 262 g/mol. The number of thiazole rings is 1. The van der Waals surface area contributed by atoms with Crippen LogP contribution in [0.25, 0.3) is 10.6 Å². The lowest BCUT2D eigenvalue weighted by atomic mass is 9.91. The lowest BCUT2D eigenvalue weighted by Gasteiger charge is -2.15. The van der Waals surface area contributed by atoms with E-state index in [2.05, 4.69) is 10.1 Å². The van der Waals surface area contributed by atoms with E-state index in [9.17, 15) is 9.90 Å². The van der Waals surface area contributed by atoms with Gasteiger partial charge in [0.25, 0.3) is 0 Å². The lowest BCUT2D eigenvalue weighted by molar-refractivity contribution is 0.0699. The molecule has 0 amide bonds. The van der Waals surface area contributed by atoms with E-state index in [4.69, 9.17) is 0 Å². The summed E-state index contributed by atoms with van der Waals surface area (Å²) in [4.78, 5) is 16.1. The van der Waals surface area contributed by atoms with E-state index in [1.807, 2.05) is 33.9 Å². The topological polar surface area (TPSA) is 68.0 Å². The van der Waals surface area contributed by atoms with Crippen molar-refractivity contribution < 1.29 is 9.90 Å².